The van der Waals surface area contributed by atoms with Crippen molar-refractivity contribution in [1.82, 2.24) is 0 Å². The van der Waals surface area contributed by atoms with Crippen molar-refractivity contribution >= 4 is 17.2 Å². The molecule has 1 aromatic rings. The lowest BCUT2D eigenvalue weighted by Gasteiger charge is -2.25. The predicted molar refractivity (Wildman–Crippen MR) is 71.3 cm³/mol. The SMILES string of the molecule is CNc1c(N)ccc(C2(C)CCCC2=O)c1C#N. The van der Waals surface area contributed by atoms with Gasteiger partial charge in [-0.2, -0.15) is 5.26 Å². The molecule has 2 rings (SSSR count). The standard InChI is InChI=1S/C14H17N3O/c1-14(7-3-4-12(14)18)10-5-6-11(16)13(17-2)9(10)8-15/h5-6,17H,3-4,7,16H2,1-2H3. The molecule has 0 amide bonds. The molecule has 18 heavy (non-hydrogen) atoms. The number of carbonyl (C=O) groups is 1. The van der Waals surface area contributed by atoms with Crippen LogP contribution in [0.3, 0.4) is 0 Å². The van der Waals surface area contributed by atoms with E-state index in [1.807, 2.05) is 13.0 Å². The predicted octanol–water partition coefficient (Wildman–Crippen LogP) is 2.19. The fraction of sp³-hybridized carbons (Fsp3) is 0.429. The first-order valence-corrected chi connectivity index (χ1v) is 6.08. The lowest BCUT2D eigenvalue weighted by molar-refractivity contribution is -0.121. The van der Waals surface area contributed by atoms with Gasteiger partial charge in [-0.05, 0) is 31.4 Å². The van der Waals surface area contributed by atoms with Crippen LogP contribution in [0.1, 0.15) is 37.3 Å². The Labute approximate surface area is 107 Å². The van der Waals surface area contributed by atoms with Crippen LogP contribution in [-0.2, 0) is 10.2 Å². The van der Waals surface area contributed by atoms with E-state index in [0.717, 1.165) is 18.4 Å². The maximum atomic E-state index is 12.1. The van der Waals surface area contributed by atoms with Gasteiger partial charge in [0.25, 0.3) is 0 Å². The number of rotatable bonds is 2. The Morgan fingerprint density at radius 2 is 2.22 bits per heavy atom. The number of hydrogen-bond acceptors (Lipinski definition) is 4. The number of nitrogens with zero attached hydrogens (tertiary/aromatic N) is 1. The minimum absolute atomic E-state index is 0.214. The average molecular weight is 243 g/mol. The third-order valence-corrected chi connectivity index (χ3v) is 3.89. The lowest BCUT2D eigenvalue weighted by Crippen LogP contribution is -2.28. The number of nitriles is 1. The molecule has 0 bridgehead atoms. The molecule has 3 N–H and O–H groups in total. The van der Waals surface area contributed by atoms with E-state index in [9.17, 15) is 10.1 Å². The molecule has 0 saturated heterocycles. The van der Waals surface area contributed by atoms with Crippen LogP contribution >= 0.6 is 0 Å². The molecule has 0 aromatic heterocycles. The monoisotopic (exact) mass is 243 g/mol. The minimum atomic E-state index is -0.537. The Kier molecular flexibility index (Phi) is 3.00. The van der Waals surface area contributed by atoms with Crippen LogP contribution in [0, 0.1) is 11.3 Å². The summed E-state index contributed by atoms with van der Waals surface area (Å²) in [6.45, 7) is 1.92. The topological polar surface area (TPSA) is 78.9 Å². The van der Waals surface area contributed by atoms with Crippen molar-refractivity contribution in [3.8, 4) is 6.07 Å². The number of carbonyl (C=O) groups excluding carboxylic acids is 1. The van der Waals surface area contributed by atoms with E-state index in [4.69, 9.17) is 5.73 Å². The van der Waals surface area contributed by atoms with Crippen LogP contribution in [0.25, 0.3) is 0 Å². The summed E-state index contributed by atoms with van der Waals surface area (Å²) >= 11 is 0. The summed E-state index contributed by atoms with van der Waals surface area (Å²) in [6.07, 6.45) is 2.29. The van der Waals surface area contributed by atoms with E-state index < -0.39 is 5.41 Å². The van der Waals surface area contributed by atoms with Crippen LogP contribution in [0.5, 0.6) is 0 Å². The summed E-state index contributed by atoms with van der Waals surface area (Å²) in [7, 11) is 1.73. The maximum Gasteiger partial charge on any atom is 0.143 e. The smallest absolute Gasteiger partial charge is 0.143 e. The Balaban J connectivity index is 2.66. The highest BCUT2D eigenvalue weighted by atomic mass is 16.1. The minimum Gasteiger partial charge on any atom is -0.397 e. The first-order valence-electron chi connectivity index (χ1n) is 6.08. The van der Waals surface area contributed by atoms with E-state index in [2.05, 4.69) is 11.4 Å². The van der Waals surface area contributed by atoms with Gasteiger partial charge >= 0.3 is 0 Å². The molecule has 1 aromatic carbocycles. The van der Waals surface area contributed by atoms with Crippen LogP contribution in [0.4, 0.5) is 11.4 Å². The molecule has 1 unspecified atom stereocenters. The lowest BCUT2D eigenvalue weighted by atomic mass is 9.77. The maximum absolute atomic E-state index is 12.1. The number of nitrogens with two attached hydrogens (primary N) is 1. The van der Waals surface area contributed by atoms with Crippen molar-refractivity contribution in [2.24, 2.45) is 0 Å². The van der Waals surface area contributed by atoms with Gasteiger partial charge in [0.15, 0.2) is 0 Å². The zero-order valence-corrected chi connectivity index (χ0v) is 10.7. The first-order chi connectivity index (χ1) is 8.54. The van der Waals surface area contributed by atoms with Gasteiger partial charge in [0.2, 0.25) is 0 Å². The zero-order chi connectivity index (χ0) is 13.3. The number of anilines is 2. The highest BCUT2D eigenvalue weighted by Crippen LogP contribution is 2.42. The molecule has 1 fully saturated rings. The van der Waals surface area contributed by atoms with Gasteiger partial charge in [-0.3, -0.25) is 4.79 Å². The zero-order valence-electron chi connectivity index (χ0n) is 10.7. The van der Waals surface area contributed by atoms with Crippen molar-refractivity contribution in [3.05, 3.63) is 23.3 Å². The average Bonchev–Trinajstić information content (AvgIpc) is 2.69. The van der Waals surface area contributed by atoms with Gasteiger partial charge in [-0.25, -0.2) is 0 Å². The van der Waals surface area contributed by atoms with Crippen LogP contribution in [0.2, 0.25) is 0 Å². The molecule has 4 nitrogen and oxygen atoms in total. The molecule has 0 radical (unpaired) electrons. The fourth-order valence-corrected chi connectivity index (χ4v) is 2.77. The van der Waals surface area contributed by atoms with Crippen molar-refractivity contribution < 1.29 is 4.79 Å². The van der Waals surface area contributed by atoms with Gasteiger partial charge in [-0.1, -0.05) is 6.07 Å². The summed E-state index contributed by atoms with van der Waals surface area (Å²) in [4.78, 5) is 12.1. The van der Waals surface area contributed by atoms with E-state index >= 15 is 0 Å². The van der Waals surface area contributed by atoms with E-state index in [1.165, 1.54) is 0 Å². The van der Waals surface area contributed by atoms with E-state index in [0.29, 0.717) is 23.4 Å². The first kappa shape index (κ1) is 12.4. The number of ketones is 1. The molecule has 0 aliphatic heterocycles. The molecule has 4 heteroatoms. The number of benzene rings is 1. The second-order valence-electron chi connectivity index (χ2n) is 4.92. The van der Waals surface area contributed by atoms with Gasteiger partial charge in [0, 0.05) is 13.5 Å². The molecule has 1 aliphatic rings. The number of Topliss-reactive ketones (excluding diaryl/α,β-unsaturated/α-hetero) is 1. The fourth-order valence-electron chi connectivity index (χ4n) is 2.77. The van der Waals surface area contributed by atoms with Crippen molar-refractivity contribution in [2.45, 2.75) is 31.6 Å². The third-order valence-electron chi connectivity index (χ3n) is 3.89. The van der Waals surface area contributed by atoms with Gasteiger partial charge in [0.1, 0.15) is 11.9 Å². The van der Waals surface area contributed by atoms with E-state index in [1.54, 1.807) is 13.1 Å². The van der Waals surface area contributed by atoms with Crippen LogP contribution in [-0.4, -0.2) is 12.8 Å². The Bertz CT molecular complexity index is 545. The molecule has 1 aliphatic carbocycles. The second kappa shape index (κ2) is 4.34. The molecular formula is C14H17N3O. The normalized spacial score (nSPS) is 22.8. The van der Waals surface area contributed by atoms with E-state index in [-0.39, 0.29) is 5.78 Å². The summed E-state index contributed by atoms with van der Waals surface area (Å²) in [5.74, 6) is 0.214. The number of nitrogen functional groups attached to an aromatic ring is 1. The summed E-state index contributed by atoms with van der Waals surface area (Å²) < 4.78 is 0. The highest BCUT2D eigenvalue weighted by Gasteiger charge is 2.41. The Morgan fingerprint density at radius 3 is 2.72 bits per heavy atom. The molecular weight excluding hydrogens is 226 g/mol. The summed E-state index contributed by atoms with van der Waals surface area (Å²) in [5, 5.41) is 12.3. The molecule has 1 atom stereocenters. The van der Waals surface area contributed by atoms with Gasteiger partial charge in [0.05, 0.1) is 22.4 Å². The largest absolute Gasteiger partial charge is 0.397 e. The summed E-state index contributed by atoms with van der Waals surface area (Å²) in [5.41, 5.74) is 7.77. The quantitative estimate of drug-likeness (QED) is 0.780. The van der Waals surface area contributed by atoms with Gasteiger partial charge < -0.3 is 11.1 Å². The third kappa shape index (κ3) is 1.63. The molecule has 0 spiro atoms. The second-order valence-corrected chi connectivity index (χ2v) is 4.92. The summed E-state index contributed by atoms with van der Waals surface area (Å²) in [6, 6.07) is 5.76. The van der Waals surface area contributed by atoms with Crippen molar-refractivity contribution in [3.63, 3.8) is 0 Å². The molecule has 1 saturated carbocycles. The molecule has 0 heterocycles. The van der Waals surface area contributed by atoms with Gasteiger partial charge in [-0.15, -0.1) is 0 Å². The van der Waals surface area contributed by atoms with Crippen molar-refractivity contribution in [1.29, 1.82) is 5.26 Å². The van der Waals surface area contributed by atoms with Crippen LogP contribution < -0.4 is 11.1 Å². The van der Waals surface area contributed by atoms with Crippen LogP contribution in [0.15, 0.2) is 12.1 Å². The Morgan fingerprint density at radius 1 is 1.50 bits per heavy atom. The Hall–Kier alpha value is -2.02. The molecule has 94 valence electrons. The highest BCUT2D eigenvalue weighted by molar-refractivity contribution is 5.93. The van der Waals surface area contributed by atoms with Crippen molar-refractivity contribution in [2.75, 3.05) is 18.1 Å². The number of nitrogens with one attached hydrogen (secondary N) is 1. The number of hydrogen-bond donors (Lipinski definition) is 2.